The van der Waals surface area contributed by atoms with Crippen LogP contribution in [0.3, 0.4) is 0 Å². The lowest BCUT2D eigenvalue weighted by atomic mass is 10.3. The van der Waals surface area contributed by atoms with Gasteiger partial charge in [-0.25, -0.2) is 15.0 Å². The minimum atomic E-state index is 0.360. The summed E-state index contributed by atoms with van der Waals surface area (Å²) >= 11 is 1.59. The third kappa shape index (κ3) is 4.24. The summed E-state index contributed by atoms with van der Waals surface area (Å²) in [7, 11) is 0. The summed E-state index contributed by atoms with van der Waals surface area (Å²) in [6, 6.07) is 4.28. The van der Waals surface area contributed by atoms with Gasteiger partial charge in [0.25, 0.3) is 0 Å². The van der Waals surface area contributed by atoms with Gasteiger partial charge in [0.1, 0.15) is 0 Å². The predicted octanol–water partition coefficient (Wildman–Crippen LogP) is 2.63. The monoisotopic (exact) mass is 342 g/mol. The molecule has 0 aliphatic rings. The fourth-order valence-electron chi connectivity index (χ4n) is 2.56. The number of hydrogen-bond acceptors (Lipinski definition) is 6. The van der Waals surface area contributed by atoms with Crippen LogP contribution in [-0.4, -0.2) is 37.3 Å². The number of aryl methyl sites for hydroxylation is 2. The zero-order valence-electron chi connectivity index (χ0n) is 14.2. The van der Waals surface area contributed by atoms with E-state index in [1.807, 2.05) is 13.0 Å². The Morgan fingerprint density at radius 2 is 2.04 bits per heavy atom. The number of thiazole rings is 1. The van der Waals surface area contributed by atoms with Gasteiger partial charge in [-0.2, -0.15) is 5.10 Å². The van der Waals surface area contributed by atoms with Crippen molar-refractivity contribution in [3.63, 3.8) is 0 Å². The van der Waals surface area contributed by atoms with Gasteiger partial charge in [0.15, 0.2) is 10.8 Å². The number of aromatic nitrogens is 5. The molecule has 7 heteroatoms. The summed E-state index contributed by atoms with van der Waals surface area (Å²) in [4.78, 5) is 13.1. The smallest absolute Gasteiger partial charge is 0.188 e. The van der Waals surface area contributed by atoms with Crippen LogP contribution in [0.1, 0.15) is 24.0 Å². The quantitative estimate of drug-likeness (QED) is 0.715. The van der Waals surface area contributed by atoms with E-state index in [2.05, 4.69) is 55.3 Å². The zero-order valence-corrected chi connectivity index (χ0v) is 15.0. The van der Waals surface area contributed by atoms with Gasteiger partial charge in [-0.15, -0.1) is 11.3 Å². The van der Waals surface area contributed by atoms with Crippen molar-refractivity contribution in [1.29, 1.82) is 0 Å². The van der Waals surface area contributed by atoms with Gasteiger partial charge in [0.05, 0.1) is 17.9 Å². The van der Waals surface area contributed by atoms with Crippen molar-refractivity contribution in [1.82, 2.24) is 30.0 Å². The Bertz CT molecular complexity index is 779. The van der Waals surface area contributed by atoms with Gasteiger partial charge in [-0.3, -0.25) is 4.68 Å². The predicted molar refractivity (Wildman–Crippen MR) is 96.0 cm³/mol. The van der Waals surface area contributed by atoms with E-state index in [-0.39, 0.29) is 0 Å². The van der Waals surface area contributed by atoms with Crippen molar-refractivity contribution in [2.24, 2.45) is 0 Å². The lowest BCUT2D eigenvalue weighted by Gasteiger charge is -2.14. The normalized spacial score (nSPS) is 12.5. The molecule has 126 valence electrons. The number of hydrogen-bond donors (Lipinski definition) is 1. The fraction of sp³-hybridized carbons (Fsp3) is 0.412. The maximum atomic E-state index is 4.61. The zero-order chi connectivity index (χ0) is 16.9. The molecule has 1 atom stereocenters. The van der Waals surface area contributed by atoms with E-state index in [1.54, 1.807) is 23.7 Å². The van der Waals surface area contributed by atoms with Crippen molar-refractivity contribution in [3.05, 3.63) is 47.0 Å². The van der Waals surface area contributed by atoms with Crippen LogP contribution in [0.4, 0.5) is 0 Å². The highest BCUT2D eigenvalue weighted by Crippen LogP contribution is 2.19. The van der Waals surface area contributed by atoms with Crippen LogP contribution >= 0.6 is 11.3 Å². The first-order valence-electron chi connectivity index (χ1n) is 8.08. The van der Waals surface area contributed by atoms with Gasteiger partial charge >= 0.3 is 0 Å². The van der Waals surface area contributed by atoms with Crippen LogP contribution in [0.15, 0.2) is 29.9 Å². The first-order chi connectivity index (χ1) is 11.6. The lowest BCUT2D eigenvalue weighted by molar-refractivity contribution is 0.446. The van der Waals surface area contributed by atoms with E-state index in [1.165, 1.54) is 5.69 Å². The molecule has 0 saturated carbocycles. The topological polar surface area (TPSA) is 68.5 Å². The molecular formula is C17H22N6S. The second-order valence-corrected chi connectivity index (χ2v) is 6.79. The fourth-order valence-corrected chi connectivity index (χ4v) is 3.36. The molecule has 0 radical (unpaired) electrons. The van der Waals surface area contributed by atoms with Crippen LogP contribution in [0.25, 0.3) is 10.8 Å². The molecule has 0 aliphatic carbocycles. The Morgan fingerprint density at radius 3 is 2.75 bits per heavy atom. The molecule has 0 spiro atoms. The van der Waals surface area contributed by atoms with Crippen LogP contribution in [0, 0.1) is 13.8 Å². The summed E-state index contributed by atoms with van der Waals surface area (Å²) in [5, 5.41) is 11.0. The van der Waals surface area contributed by atoms with Gasteiger partial charge < -0.3 is 5.32 Å². The molecule has 0 aliphatic heterocycles. The summed E-state index contributed by atoms with van der Waals surface area (Å²) in [5.41, 5.74) is 3.35. The van der Waals surface area contributed by atoms with Crippen molar-refractivity contribution < 1.29 is 0 Å². The molecular weight excluding hydrogens is 320 g/mol. The third-order valence-electron chi connectivity index (χ3n) is 3.73. The largest absolute Gasteiger partial charge is 0.312 e. The third-order valence-corrected chi connectivity index (χ3v) is 4.62. The molecule has 3 aromatic heterocycles. The van der Waals surface area contributed by atoms with Crippen LogP contribution < -0.4 is 5.32 Å². The van der Waals surface area contributed by atoms with Crippen LogP contribution in [0.2, 0.25) is 0 Å². The van der Waals surface area contributed by atoms with Crippen molar-refractivity contribution in [2.45, 2.75) is 39.8 Å². The Balaban J connectivity index is 1.48. The number of nitrogens with zero attached hydrogens (tertiary/aromatic N) is 5. The highest BCUT2D eigenvalue weighted by Gasteiger charge is 2.09. The Hall–Kier alpha value is -2.12. The summed E-state index contributed by atoms with van der Waals surface area (Å²) in [5.74, 6) is 0.694. The van der Waals surface area contributed by atoms with Crippen molar-refractivity contribution in [2.75, 3.05) is 6.54 Å². The van der Waals surface area contributed by atoms with Gasteiger partial charge in [0, 0.05) is 42.5 Å². The van der Waals surface area contributed by atoms with Gasteiger partial charge in [0.2, 0.25) is 0 Å². The van der Waals surface area contributed by atoms with E-state index in [9.17, 15) is 0 Å². The van der Waals surface area contributed by atoms with E-state index >= 15 is 0 Å². The maximum absolute atomic E-state index is 4.61. The number of nitrogens with one attached hydrogen (secondary N) is 1. The molecule has 0 bridgehead atoms. The second kappa shape index (κ2) is 7.63. The second-order valence-electron chi connectivity index (χ2n) is 5.93. The van der Waals surface area contributed by atoms with Gasteiger partial charge in [-0.1, -0.05) is 0 Å². The minimum Gasteiger partial charge on any atom is -0.312 e. The average Bonchev–Trinajstić information content (AvgIpc) is 3.15. The van der Waals surface area contributed by atoms with Crippen LogP contribution in [-0.2, 0) is 13.0 Å². The van der Waals surface area contributed by atoms with E-state index in [0.29, 0.717) is 11.9 Å². The van der Waals surface area contributed by atoms with E-state index in [0.717, 1.165) is 35.9 Å². The molecule has 3 rings (SSSR count). The molecule has 0 fully saturated rings. The first-order valence-corrected chi connectivity index (χ1v) is 8.96. The molecule has 3 aromatic rings. The molecule has 24 heavy (non-hydrogen) atoms. The van der Waals surface area contributed by atoms with E-state index in [4.69, 9.17) is 0 Å². The van der Waals surface area contributed by atoms with Gasteiger partial charge in [-0.05, 0) is 32.9 Å². The molecule has 0 amide bonds. The summed E-state index contributed by atoms with van der Waals surface area (Å²) in [6.45, 7) is 8.06. The number of rotatable bonds is 7. The summed E-state index contributed by atoms with van der Waals surface area (Å²) in [6.07, 6.45) is 4.38. The molecule has 0 aromatic carbocycles. The Morgan fingerprint density at radius 1 is 1.25 bits per heavy atom. The molecule has 3 heterocycles. The highest BCUT2D eigenvalue weighted by molar-refractivity contribution is 7.13. The van der Waals surface area contributed by atoms with Crippen LogP contribution in [0.5, 0.6) is 0 Å². The SMILES string of the molecule is Cc1cc(C)n(CC(C)NCCc2csc(-c3ncccn3)n2)n1. The molecule has 1 unspecified atom stereocenters. The minimum absolute atomic E-state index is 0.360. The highest BCUT2D eigenvalue weighted by atomic mass is 32.1. The van der Waals surface area contributed by atoms with E-state index < -0.39 is 0 Å². The van der Waals surface area contributed by atoms with Crippen molar-refractivity contribution in [3.8, 4) is 10.8 Å². The molecule has 6 nitrogen and oxygen atoms in total. The van der Waals surface area contributed by atoms with Crippen molar-refractivity contribution >= 4 is 11.3 Å². The Labute approximate surface area is 146 Å². The maximum Gasteiger partial charge on any atom is 0.188 e. The first kappa shape index (κ1) is 16.7. The Kier molecular flexibility index (Phi) is 5.32. The molecule has 0 saturated heterocycles. The summed E-state index contributed by atoms with van der Waals surface area (Å²) < 4.78 is 2.06. The lowest BCUT2D eigenvalue weighted by Crippen LogP contribution is -2.32. The molecule has 1 N–H and O–H groups in total. The standard InChI is InChI=1S/C17H22N6S/c1-12-9-14(3)23(22-12)10-13(2)18-8-5-15-11-24-17(21-15)16-19-6-4-7-20-16/h4,6-7,9,11,13,18H,5,8,10H2,1-3H3. The average molecular weight is 342 g/mol.